The van der Waals surface area contributed by atoms with Crippen molar-refractivity contribution in [1.82, 2.24) is 0 Å². The van der Waals surface area contributed by atoms with Crippen molar-refractivity contribution in [3.8, 4) is 0 Å². The minimum absolute atomic E-state index is 1.24. The first kappa shape index (κ1) is 25.4. The van der Waals surface area contributed by atoms with Gasteiger partial charge in [0.15, 0.2) is 0 Å². The van der Waals surface area contributed by atoms with Crippen LogP contribution in [0.4, 0.5) is 0 Å². The zero-order valence-corrected chi connectivity index (χ0v) is 16.7. The van der Waals surface area contributed by atoms with Crippen molar-refractivity contribution >= 4 is 0 Å². The van der Waals surface area contributed by atoms with Gasteiger partial charge in [0.1, 0.15) is 0 Å². The van der Waals surface area contributed by atoms with Crippen molar-refractivity contribution in [3.63, 3.8) is 0 Å². The predicted molar refractivity (Wildman–Crippen MR) is 90.8 cm³/mol. The Morgan fingerprint density at radius 2 is 0.913 bits per heavy atom. The maximum absolute atomic E-state index is 8.52. The predicted octanol–water partition coefficient (Wildman–Crippen LogP) is 2.85. The van der Waals surface area contributed by atoms with Crippen LogP contribution in [0.5, 0.6) is 0 Å². The van der Waals surface area contributed by atoms with E-state index in [2.05, 4.69) is 27.9 Å². The first-order valence-electron chi connectivity index (χ1n) is 9.42. The summed E-state index contributed by atoms with van der Waals surface area (Å²) >= 11 is 0. The molecule has 0 saturated heterocycles. The molecule has 0 radical (unpaired) electrons. The zero-order chi connectivity index (χ0) is 18.0. The van der Waals surface area contributed by atoms with E-state index in [4.69, 9.17) is 14.0 Å². The van der Waals surface area contributed by atoms with Crippen LogP contribution in [0.3, 0.4) is 0 Å². The van der Waals surface area contributed by atoms with Crippen LogP contribution >= 0.6 is 0 Å². The maximum atomic E-state index is 8.52. The Balaban J connectivity index is 0. The number of unbranched alkanes of at least 4 members (excludes halogenated alkanes) is 10. The summed E-state index contributed by atoms with van der Waals surface area (Å²) in [6.07, 6.45) is 17.1. The van der Waals surface area contributed by atoms with E-state index < -0.39 is 10.8 Å². The van der Waals surface area contributed by atoms with Crippen LogP contribution in [0.2, 0.25) is 0 Å². The Kier molecular flexibility index (Phi) is 20.4. The summed E-state index contributed by atoms with van der Waals surface area (Å²) in [5, 5.41) is 0. The van der Waals surface area contributed by atoms with E-state index in [1.807, 2.05) is 0 Å². The van der Waals surface area contributed by atoms with E-state index in [0.717, 1.165) is 0 Å². The third-order valence-corrected chi connectivity index (χ3v) is 4.23. The molecular formula is C18H41ClNO3+. The third-order valence-electron chi connectivity index (χ3n) is 4.23. The minimum atomic E-state index is -2.60. The van der Waals surface area contributed by atoms with Crippen LogP contribution < -0.4 is 9.32 Å². The minimum Gasteiger partial charge on any atom is -0.328 e. The number of rotatable bonds is 14. The fraction of sp³-hybridized carbons (Fsp3) is 1.00. The van der Waals surface area contributed by atoms with Gasteiger partial charge in [-0.25, -0.2) is 0 Å². The molecule has 0 aliphatic heterocycles. The normalized spacial score (nSPS) is 11.5. The van der Waals surface area contributed by atoms with Gasteiger partial charge in [-0.05, 0) is 25.7 Å². The van der Waals surface area contributed by atoms with E-state index in [1.54, 1.807) is 0 Å². The van der Waals surface area contributed by atoms with Crippen molar-refractivity contribution in [1.29, 1.82) is 0 Å². The Hall–Kier alpha value is 0.130. The van der Waals surface area contributed by atoms with Crippen LogP contribution in [0.25, 0.3) is 0 Å². The number of hydrogen-bond donors (Lipinski definition) is 1. The lowest BCUT2D eigenvalue weighted by molar-refractivity contribution is -1.63. The topological polar surface area (TPSA) is 66.3 Å². The average molecular weight is 355 g/mol. The maximum Gasteiger partial charge on any atom is 0.282 e. The van der Waals surface area contributed by atoms with Crippen molar-refractivity contribution in [3.05, 3.63) is 0 Å². The Bertz CT molecular complexity index is 206. The first-order valence-corrected chi connectivity index (χ1v) is 10.4. The lowest BCUT2D eigenvalue weighted by Gasteiger charge is -2.30. The highest BCUT2D eigenvalue weighted by Gasteiger charge is 2.13. The smallest absolute Gasteiger partial charge is 0.282 e. The highest BCUT2D eigenvalue weighted by molar-refractivity contribution is 4.46. The summed E-state index contributed by atoms with van der Waals surface area (Å²) in [6.45, 7) is 7.34. The molecule has 1 N–H and O–H groups in total. The monoisotopic (exact) mass is 354 g/mol. The van der Waals surface area contributed by atoms with E-state index >= 15 is 0 Å². The van der Waals surface area contributed by atoms with Gasteiger partial charge < -0.3 is 13.8 Å². The molecule has 0 atom stereocenters. The third kappa shape index (κ3) is 27.3. The highest BCUT2D eigenvalue weighted by Crippen LogP contribution is 2.11. The number of nitrogens with zero attached hydrogens (tertiary/aromatic N) is 1. The van der Waals surface area contributed by atoms with Gasteiger partial charge in [0.25, 0.3) is 10.8 Å². The molecule has 0 aromatic rings. The molecule has 0 amide bonds. The second-order valence-electron chi connectivity index (χ2n) is 7.12. The Morgan fingerprint density at radius 1 is 0.652 bits per heavy atom. The summed E-state index contributed by atoms with van der Waals surface area (Å²) in [4.78, 5) is 0. The van der Waals surface area contributed by atoms with Crippen molar-refractivity contribution in [2.75, 3.05) is 27.2 Å². The Morgan fingerprint density at radius 3 is 1.22 bits per heavy atom. The molecular weight excluding hydrogens is 314 g/mol. The molecule has 5 heteroatoms. The molecule has 0 heterocycles. The molecule has 0 bridgehead atoms. The summed E-state index contributed by atoms with van der Waals surface area (Å²) in [5.41, 5.74) is 0. The summed E-state index contributed by atoms with van der Waals surface area (Å²) in [6, 6.07) is 0. The van der Waals surface area contributed by atoms with Gasteiger partial charge in [-0.3, -0.25) is 0 Å². The largest absolute Gasteiger partial charge is 0.328 e. The van der Waals surface area contributed by atoms with E-state index in [9.17, 15) is 0 Å². The zero-order valence-electron chi connectivity index (χ0n) is 16.0. The quantitative estimate of drug-likeness (QED) is 0.385. The molecule has 0 aromatic heterocycles. The Labute approximate surface area is 147 Å². The van der Waals surface area contributed by atoms with E-state index in [0.29, 0.717) is 0 Å². The van der Waals surface area contributed by atoms with Gasteiger partial charge in [0.05, 0.1) is 27.2 Å². The molecule has 0 fully saturated rings. The molecule has 0 saturated carbocycles. The molecule has 23 heavy (non-hydrogen) atoms. The fourth-order valence-electron chi connectivity index (χ4n) is 2.75. The van der Waals surface area contributed by atoms with Crippen LogP contribution in [0.1, 0.15) is 90.9 Å². The molecule has 0 rings (SSSR count). The van der Waals surface area contributed by atoms with Crippen molar-refractivity contribution in [2.45, 2.75) is 90.9 Å². The molecule has 0 aromatic carbocycles. The molecule has 0 aliphatic rings. The molecule has 0 unspecified atom stereocenters. The van der Waals surface area contributed by atoms with Crippen LogP contribution in [-0.4, -0.2) is 36.3 Å². The molecule has 4 nitrogen and oxygen atoms in total. The number of quaternary nitrogens is 1. The lowest BCUT2D eigenvalue weighted by Crippen LogP contribution is -2.41. The van der Waals surface area contributed by atoms with Gasteiger partial charge in [-0.2, -0.15) is 0 Å². The molecule has 142 valence electrons. The number of hydrogen-bond acceptors (Lipinski definition) is 3. The van der Waals surface area contributed by atoms with Crippen molar-refractivity contribution in [2.24, 2.45) is 0 Å². The van der Waals surface area contributed by atoms with Crippen LogP contribution in [-0.2, 0) is 0 Å². The van der Waals surface area contributed by atoms with Gasteiger partial charge in [0.2, 0.25) is 0 Å². The van der Waals surface area contributed by atoms with E-state index in [1.165, 1.54) is 94.6 Å². The number of halogens is 1. The lowest BCUT2D eigenvalue weighted by atomic mass is 10.1. The molecule has 0 spiro atoms. The van der Waals surface area contributed by atoms with Crippen LogP contribution in [0, 0.1) is 10.8 Å². The molecule has 0 aliphatic carbocycles. The van der Waals surface area contributed by atoms with Gasteiger partial charge in [0, 0.05) is 4.66 Å². The summed E-state index contributed by atoms with van der Waals surface area (Å²) in [5.74, 6) is 0. The van der Waals surface area contributed by atoms with E-state index in [-0.39, 0.29) is 0 Å². The van der Waals surface area contributed by atoms with Crippen LogP contribution in [0.15, 0.2) is 0 Å². The average Bonchev–Trinajstić information content (AvgIpc) is 2.46. The summed E-state index contributed by atoms with van der Waals surface area (Å²) < 4.78 is 25.2. The second kappa shape index (κ2) is 18.5. The van der Waals surface area contributed by atoms with Gasteiger partial charge in [-0.1, -0.05) is 65.2 Å². The summed E-state index contributed by atoms with van der Waals surface area (Å²) in [7, 11) is 2.23. The standard InChI is InChI=1S/C18H40N.ClHO3/c1-5-7-9-11-13-15-17-19(3,4)18-16-14-12-10-8-6-2;2-1(3)4/h5-18H2,1-4H3;2H/q+1;. The second-order valence-corrected chi connectivity index (χ2v) is 7.52. The highest BCUT2D eigenvalue weighted by atomic mass is 35.6. The first-order chi connectivity index (χ1) is 10.9. The van der Waals surface area contributed by atoms with Crippen molar-refractivity contribution < 1.29 is 29.2 Å². The fourth-order valence-corrected chi connectivity index (χ4v) is 2.75. The SMILES string of the molecule is CCCCCCCC[N+](C)(C)CCCCCCCC.[O-][Cl+2]([O-])O. The van der Waals surface area contributed by atoms with Gasteiger partial charge in [-0.15, -0.1) is 0 Å². The van der Waals surface area contributed by atoms with Gasteiger partial charge >= 0.3 is 0 Å².